The van der Waals surface area contributed by atoms with Crippen molar-refractivity contribution in [3.63, 3.8) is 0 Å². The van der Waals surface area contributed by atoms with Gasteiger partial charge in [-0.1, -0.05) is 29.8 Å². The maximum absolute atomic E-state index is 13.3. The van der Waals surface area contributed by atoms with Gasteiger partial charge in [0.2, 0.25) is 5.95 Å². The van der Waals surface area contributed by atoms with E-state index in [1.165, 1.54) is 6.20 Å². The lowest BCUT2D eigenvalue weighted by molar-refractivity contribution is -0.137. The summed E-state index contributed by atoms with van der Waals surface area (Å²) in [6.45, 7) is 1.42. The summed E-state index contributed by atoms with van der Waals surface area (Å²) >= 11 is 6.22. The highest BCUT2D eigenvalue weighted by Gasteiger charge is 2.32. The van der Waals surface area contributed by atoms with Crippen LogP contribution in [0.3, 0.4) is 0 Å². The first-order valence-electron chi connectivity index (χ1n) is 8.50. The molecule has 2 aromatic heterocycles. The molecule has 0 atom stereocenters. The van der Waals surface area contributed by atoms with Crippen molar-refractivity contribution in [1.29, 1.82) is 0 Å². The lowest BCUT2D eigenvalue weighted by atomic mass is 10.0. The second-order valence-corrected chi connectivity index (χ2v) is 6.84. The number of fused-ring (bicyclic) bond motifs is 1. The van der Waals surface area contributed by atoms with Crippen LogP contribution in [0.1, 0.15) is 18.4 Å². The highest BCUT2D eigenvalue weighted by Crippen LogP contribution is 2.34. The second kappa shape index (κ2) is 6.56. The van der Waals surface area contributed by atoms with Crippen molar-refractivity contribution >= 4 is 23.1 Å². The Kier molecular flexibility index (Phi) is 4.34. The van der Waals surface area contributed by atoms with Gasteiger partial charge < -0.3 is 4.90 Å². The molecule has 3 aromatic rings. The van der Waals surface area contributed by atoms with Gasteiger partial charge in [-0.25, -0.2) is 0 Å². The molecule has 4 rings (SSSR count). The summed E-state index contributed by atoms with van der Waals surface area (Å²) in [7, 11) is 0. The van der Waals surface area contributed by atoms with Crippen LogP contribution in [0.15, 0.2) is 47.4 Å². The minimum atomic E-state index is -4.52. The number of aromatic nitrogens is 2. The van der Waals surface area contributed by atoms with Crippen LogP contribution in [0.4, 0.5) is 19.1 Å². The Morgan fingerprint density at radius 1 is 1.07 bits per heavy atom. The van der Waals surface area contributed by atoms with Gasteiger partial charge in [-0.05, 0) is 31.0 Å². The number of halogens is 4. The summed E-state index contributed by atoms with van der Waals surface area (Å²) in [5.74, 6) is 0.358. The number of hydrogen-bond acceptors (Lipinski definition) is 3. The standard InChI is InChI=1S/C19H15ClF3N3O/c20-14-6-2-1-5-13(14)16-15-11-12(19(21,22)23)7-10-26(15)18(24-17(16)27)25-8-3-4-9-25/h1-2,5-7,10-11H,3-4,8-9H2. The highest BCUT2D eigenvalue weighted by molar-refractivity contribution is 6.33. The van der Waals surface area contributed by atoms with Crippen molar-refractivity contribution < 1.29 is 13.2 Å². The van der Waals surface area contributed by atoms with Gasteiger partial charge in [0.25, 0.3) is 5.56 Å². The van der Waals surface area contributed by atoms with Crippen LogP contribution in [-0.4, -0.2) is 22.5 Å². The summed E-state index contributed by atoms with van der Waals surface area (Å²) in [6, 6.07) is 8.56. The quantitative estimate of drug-likeness (QED) is 0.637. The van der Waals surface area contributed by atoms with Crippen LogP contribution >= 0.6 is 11.6 Å². The van der Waals surface area contributed by atoms with E-state index in [-0.39, 0.29) is 16.1 Å². The number of pyridine rings is 1. The first-order valence-corrected chi connectivity index (χ1v) is 8.87. The van der Waals surface area contributed by atoms with Crippen molar-refractivity contribution in [2.45, 2.75) is 19.0 Å². The molecular weight excluding hydrogens is 379 g/mol. The number of rotatable bonds is 2. The Morgan fingerprint density at radius 2 is 1.78 bits per heavy atom. The predicted molar refractivity (Wildman–Crippen MR) is 98.4 cm³/mol. The molecule has 1 aliphatic heterocycles. The van der Waals surface area contributed by atoms with Gasteiger partial charge in [0.15, 0.2) is 0 Å². The molecule has 0 radical (unpaired) electrons. The summed E-state index contributed by atoms with van der Waals surface area (Å²) in [5, 5.41) is 0.282. The molecule has 1 fully saturated rings. The van der Waals surface area contributed by atoms with Crippen molar-refractivity contribution in [1.82, 2.24) is 9.38 Å². The minimum absolute atomic E-state index is 0.0645. The molecule has 8 heteroatoms. The van der Waals surface area contributed by atoms with Crippen LogP contribution in [0.25, 0.3) is 16.6 Å². The maximum atomic E-state index is 13.3. The van der Waals surface area contributed by atoms with E-state index >= 15 is 0 Å². The van der Waals surface area contributed by atoms with Gasteiger partial charge in [-0.15, -0.1) is 0 Å². The third kappa shape index (κ3) is 3.16. The Bertz CT molecular complexity index is 1070. The Morgan fingerprint density at radius 3 is 2.44 bits per heavy atom. The molecule has 4 nitrogen and oxygen atoms in total. The van der Waals surface area contributed by atoms with Crippen LogP contribution in [0, 0.1) is 0 Å². The third-order valence-corrected chi connectivity index (χ3v) is 5.03. The average molecular weight is 394 g/mol. The van der Waals surface area contributed by atoms with Gasteiger partial charge >= 0.3 is 6.18 Å². The molecule has 0 unspecified atom stereocenters. The fourth-order valence-electron chi connectivity index (χ4n) is 3.41. The molecule has 140 valence electrons. The van der Waals surface area contributed by atoms with E-state index in [9.17, 15) is 18.0 Å². The average Bonchev–Trinajstić information content (AvgIpc) is 3.15. The first kappa shape index (κ1) is 17.9. The van der Waals surface area contributed by atoms with Gasteiger partial charge in [-0.3, -0.25) is 9.20 Å². The summed E-state index contributed by atoms with van der Waals surface area (Å²) in [5.41, 5.74) is -0.853. The number of alkyl halides is 3. The zero-order chi connectivity index (χ0) is 19.2. The normalized spacial score (nSPS) is 14.9. The van der Waals surface area contributed by atoms with Gasteiger partial charge in [-0.2, -0.15) is 18.2 Å². The zero-order valence-corrected chi connectivity index (χ0v) is 14.9. The Hall–Kier alpha value is -2.54. The lowest BCUT2D eigenvalue weighted by Crippen LogP contribution is -2.27. The Labute approximate surface area is 157 Å². The molecule has 0 N–H and O–H groups in total. The van der Waals surface area contributed by atoms with E-state index < -0.39 is 17.3 Å². The smallest absolute Gasteiger partial charge is 0.342 e. The second-order valence-electron chi connectivity index (χ2n) is 6.43. The monoisotopic (exact) mass is 393 g/mol. The lowest BCUT2D eigenvalue weighted by Gasteiger charge is -2.21. The van der Waals surface area contributed by atoms with Gasteiger partial charge in [0.1, 0.15) is 0 Å². The summed E-state index contributed by atoms with van der Waals surface area (Å²) < 4.78 is 41.4. The molecule has 1 aromatic carbocycles. The van der Waals surface area contributed by atoms with Crippen LogP contribution in [0.5, 0.6) is 0 Å². The number of nitrogens with zero attached hydrogens (tertiary/aromatic N) is 3. The van der Waals surface area contributed by atoms with E-state index in [1.54, 1.807) is 28.7 Å². The van der Waals surface area contributed by atoms with Crippen molar-refractivity contribution in [3.05, 3.63) is 63.5 Å². The minimum Gasteiger partial charge on any atom is -0.342 e. The molecule has 0 aliphatic carbocycles. The molecule has 1 aliphatic rings. The van der Waals surface area contributed by atoms with E-state index in [0.717, 1.165) is 25.0 Å². The van der Waals surface area contributed by atoms with Crippen LogP contribution in [-0.2, 0) is 6.18 Å². The molecule has 0 saturated carbocycles. The highest BCUT2D eigenvalue weighted by atomic mass is 35.5. The SMILES string of the molecule is O=c1nc(N2CCCC2)n2ccc(C(F)(F)F)cc2c1-c1ccccc1Cl. The van der Waals surface area contributed by atoms with Crippen LogP contribution in [0.2, 0.25) is 5.02 Å². The zero-order valence-electron chi connectivity index (χ0n) is 14.1. The first-order chi connectivity index (χ1) is 12.9. The molecule has 1 saturated heterocycles. The van der Waals surface area contributed by atoms with Crippen molar-refractivity contribution in [2.24, 2.45) is 0 Å². The fourth-order valence-corrected chi connectivity index (χ4v) is 3.64. The summed E-state index contributed by atoms with van der Waals surface area (Å²) in [6.07, 6.45) is -1.30. The third-order valence-electron chi connectivity index (χ3n) is 4.70. The molecule has 0 bridgehead atoms. The molecule has 0 spiro atoms. The number of benzene rings is 1. The summed E-state index contributed by atoms with van der Waals surface area (Å²) in [4.78, 5) is 18.9. The van der Waals surface area contributed by atoms with Crippen molar-refractivity contribution in [2.75, 3.05) is 18.0 Å². The van der Waals surface area contributed by atoms with E-state index in [2.05, 4.69) is 4.98 Å². The van der Waals surface area contributed by atoms with E-state index in [1.807, 2.05) is 4.90 Å². The molecule has 3 heterocycles. The van der Waals surface area contributed by atoms with Gasteiger partial charge in [0.05, 0.1) is 16.6 Å². The predicted octanol–water partition coefficient (Wildman–Crippen LogP) is 4.63. The number of hydrogen-bond donors (Lipinski definition) is 0. The van der Waals surface area contributed by atoms with Crippen molar-refractivity contribution in [3.8, 4) is 11.1 Å². The molecular formula is C19H15ClF3N3O. The number of anilines is 1. The van der Waals surface area contributed by atoms with Gasteiger partial charge in [0, 0.05) is 29.9 Å². The van der Waals surface area contributed by atoms with E-state index in [4.69, 9.17) is 11.6 Å². The van der Waals surface area contributed by atoms with E-state index in [0.29, 0.717) is 24.6 Å². The molecule has 27 heavy (non-hydrogen) atoms. The largest absolute Gasteiger partial charge is 0.416 e. The Balaban J connectivity index is 2.07. The molecule has 0 amide bonds. The maximum Gasteiger partial charge on any atom is 0.416 e. The van der Waals surface area contributed by atoms with Crippen LogP contribution < -0.4 is 10.5 Å². The fraction of sp³-hybridized carbons (Fsp3) is 0.263. The topological polar surface area (TPSA) is 37.6 Å².